The second-order valence-corrected chi connectivity index (χ2v) is 9.32. The van der Waals surface area contributed by atoms with Crippen molar-refractivity contribution in [1.29, 1.82) is 0 Å². The summed E-state index contributed by atoms with van der Waals surface area (Å²) in [5, 5.41) is 9.47. The lowest BCUT2D eigenvalue weighted by molar-refractivity contribution is 0.0697. The summed E-state index contributed by atoms with van der Waals surface area (Å²) >= 11 is 2.96. The fraction of sp³-hybridized carbons (Fsp3) is 0.160. The number of carboxylic acid groups (broad SMARTS) is 1. The van der Waals surface area contributed by atoms with E-state index in [0.29, 0.717) is 27.1 Å². The molecule has 2 heterocycles. The Morgan fingerprint density at radius 3 is 2.48 bits per heavy atom. The molecule has 2 N–H and O–H groups in total. The van der Waals surface area contributed by atoms with Crippen LogP contribution in [0.3, 0.4) is 0 Å². The van der Waals surface area contributed by atoms with Crippen molar-refractivity contribution in [3.8, 4) is 11.8 Å². The van der Waals surface area contributed by atoms with E-state index in [2.05, 4.69) is 29.0 Å². The Labute approximate surface area is 197 Å². The zero-order chi connectivity index (χ0) is 23.5. The highest BCUT2D eigenvalue weighted by atomic mass is 32.2. The average molecular weight is 477 g/mol. The Hall–Kier alpha value is -3.54. The van der Waals surface area contributed by atoms with Crippen molar-refractivity contribution in [2.24, 2.45) is 0 Å². The number of fused-ring (bicyclic) bond motifs is 1. The molecule has 0 amide bonds. The summed E-state index contributed by atoms with van der Waals surface area (Å²) in [6, 6.07) is 15.5. The van der Waals surface area contributed by atoms with Gasteiger partial charge in [-0.15, -0.1) is 23.1 Å². The van der Waals surface area contributed by atoms with E-state index in [4.69, 9.17) is 5.11 Å². The number of thioether (sulfide) groups is 1. The molecule has 6 nitrogen and oxygen atoms in total. The molecule has 0 bridgehead atoms. The van der Waals surface area contributed by atoms with Crippen LogP contribution in [0.4, 0.5) is 0 Å². The largest absolute Gasteiger partial charge is 0.478 e. The fourth-order valence-corrected chi connectivity index (χ4v) is 4.79. The quantitative estimate of drug-likeness (QED) is 0.330. The summed E-state index contributed by atoms with van der Waals surface area (Å²) < 4.78 is 1.15. The van der Waals surface area contributed by atoms with E-state index >= 15 is 0 Å². The number of nitrogens with one attached hydrogen (secondary N) is 1. The number of hydrogen-bond acceptors (Lipinski definition) is 5. The predicted octanol–water partition coefficient (Wildman–Crippen LogP) is 4.37. The zero-order valence-electron chi connectivity index (χ0n) is 17.9. The van der Waals surface area contributed by atoms with Crippen molar-refractivity contribution in [3.63, 3.8) is 0 Å². The molecule has 4 rings (SSSR count). The van der Waals surface area contributed by atoms with Gasteiger partial charge in [-0.05, 0) is 54.6 Å². The van der Waals surface area contributed by atoms with Crippen LogP contribution in [0, 0.1) is 11.8 Å². The first-order valence-corrected chi connectivity index (χ1v) is 12.1. The molecule has 0 fully saturated rings. The first-order valence-electron chi connectivity index (χ1n) is 10.1. The van der Waals surface area contributed by atoms with Crippen molar-refractivity contribution < 1.29 is 9.90 Å². The minimum atomic E-state index is -1.03. The van der Waals surface area contributed by atoms with Gasteiger partial charge < -0.3 is 5.11 Å². The van der Waals surface area contributed by atoms with E-state index in [1.54, 1.807) is 36.9 Å². The van der Waals surface area contributed by atoms with Crippen LogP contribution in [0.2, 0.25) is 0 Å². The lowest BCUT2D eigenvalue weighted by atomic mass is 10.1. The maximum atomic E-state index is 13.1. The average Bonchev–Trinajstić information content (AvgIpc) is 3.22. The van der Waals surface area contributed by atoms with E-state index in [1.165, 1.54) is 28.4 Å². The number of nitrogens with zero attached hydrogens (tertiary/aromatic N) is 1. The van der Waals surface area contributed by atoms with Gasteiger partial charge in [0.25, 0.3) is 5.56 Å². The van der Waals surface area contributed by atoms with Crippen LogP contribution < -0.4 is 11.2 Å². The van der Waals surface area contributed by atoms with Gasteiger partial charge in [0, 0.05) is 11.3 Å². The maximum Gasteiger partial charge on any atom is 0.335 e. The van der Waals surface area contributed by atoms with Gasteiger partial charge in [-0.3, -0.25) is 14.3 Å². The van der Waals surface area contributed by atoms with Gasteiger partial charge in [0.2, 0.25) is 0 Å². The summed E-state index contributed by atoms with van der Waals surface area (Å²) in [7, 11) is 0. The van der Waals surface area contributed by atoms with Crippen LogP contribution in [0.5, 0.6) is 0 Å². The molecule has 1 unspecified atom stereocenters. The van der Waals surface area contributed by atoms with Crippen LogP contribution in [-0.2, 0) is 6.42 Å². The lowest BCUT2D eigenvalue weighted by Gasteiger charge is -2.14. The minimum absolute atomic E-state index is 0.143. The van der Waals surface area contributed by atoms with E-state index in [-0.39, 0.29) is 5.56 Å². The molecule has 8 heteroatoms. The number of aromatic nitrogens is 2. The molecule has 0 aliphatic rings. The molecule has 166 valence electrons. The summed E-state index contributed by atoms with van der Waals surface area (Å²) in [6.45, 7) is 1.73. The molecule has 2 aromatic carbocycles. The standard InChI is InChI=1S/C25H20N2O4S2/c1-15(17-8-10-18(11-9-17)24(29)30)27-23(28)21-14-20(33-22(21)26-25(27)31)5-3-4-16-6-12-19(32-2)13-7-16/h6-15H,4H2,1-2H3,(H,26,31)(H,29,30). The zero-order valence-corrected chi connectivity index (χ0v) is 19.5. The summed E-state index contributed by atoms with van der Waals surface area (Å²) in [5.74, 6) is 5.19. The monoisotopic (exact) mass is 476 g/mol. The number of H-pyrrole nitrogens is 1. The third-order valence-electron chi connectivity index (χ3n) is 5.31. The van der Waals surface area contributed by atoms with Crippen molar-refractivity contribution >= 4 is 39.3 Å². The number of hydrogen-bond donors (Lipinski definition) is 2. The van der Waals surface area contributed by atoms with Gasteiger partial charge in [-0.1, -0.05) is 36.1 Å². The number of carboxylic acids is 1. The summed E-state index contributed by atoms with van der Waals surface area (Å²) in [5.41, 5.74) is 0.997. The Morgan fingerprint density at radius 1 is 1.15 bits per heavy atom. The Balaban J connectivity index is 1.63. The number of aromatic carboxylic acids is 1. The normalized spacial score (nSPS) is 11.7. The topological polar surface area (TPSA) is 92.2 Å². The second kappa shape index (κ2) is 9.53. The molecule has 0 spiro atoms. The van der Waals surface area contributed by atoms with Crippen molar-refractivity contribution in [1.82, 2.24) is 9.55 Å². The Bertz CT molecular complexity index is 1500. The van der Waals surface area contributed by atoms with Crippen LogP contribution >= 0.6 is 23.1 Å². The molecule has 33 heavy (non-hydrogen) atoms. The highest BCUT2D eigenvalue weighted by Gasteiger charge is 2.17. The first-order chi connectivity index (χ1) is 15.9. The second-order valence-electron chi connectivity index (χ2n) is 7.39. The fourth-order valence-electron chi connectivity index (χ4n) is 3.47. The van der Waals surface area contributed by atoms with E-state index < -0.39 is 23.3 Å². The lowest BCUT2D eigenvalue weighted by Crippen LogP contribution is -2.37. The Kier molecular flexibility index (Phi) is 6.54. The van der Waals surface area contributed by atoms with Gasteiger partial charge in [0.15, 0.2) is 0 Å². The smallest absolute Gasteiger partial charge is 0.335 e. The molecular weight excluding hydrogens is 456 g/mol. The van der Waals surface area contributed by atoms with Gasteiger partial charge in [-0.2, -0.15) is 0 Å². The van der Waals surface area contributed by atoms with Gasteiger partial charge in [0.05, 0.1) is 21.9 Å². The van der Waals surface area contributed by atoms with E-state index in [1.807, 2.05) is 18.4 Å². The number of rotatable bonds is 5. The number of aromatic amines is 1. The highest BCUT2D eigenvalue weighted by molar-refractivity contribution is 7.98. The summed E-state index contributed by atoms with van der Waals surface area (Å²) in [4.78, 5) is 42.0. The molecule has 0 saturated heterocycles. The SMILES string of the molecule is CSc1ccc(CC#Cc2cc3c(=O)n(C(C)c4ccc(C(=O)O)cc4)c(=O)[nH]c3s2)cc1. The summed E-state index contributed by atoms with van der Waals surface area (Å²) in [6.07, 6.45) is 2.62. The van der Waals surface area contributed by atoms with E-state index in [0.717, 1.165) is 10.1 Å². The van der Waals surface area contributed by atoms with Gasteiger partial charge in [0.1, 0.15) is 4.83 Å². The molecule has 0 saturated carbocycles. The highest BCUT2D eigenvalue weighted by Crippen LogP contribution is 2.21. The number of benzene rings is 2. The minimum Gasteiger partial charge on any atom is -0.478 e. The molecule has 2 aromatic heterocycles. The van der Waals surface area contributed by atoms with Crippen LogP contribution in [0.15, 0.2) is 69.1 Å². The molecule has 0 radical (unpaired) electrons. The van der Waals surface area contributed by atoms with Crippen molar-refractivity contribution in [3.05, 3.63) is 97.0 Å². The predicted molar refractivity (Wildman–Crippen MR) is 133 cm³/mol. The van der Waals surface area contributed by atoms with E-state index in [9.17, 15) is 14.4 Å². The third kappa shape index (κ3) is 4.80. The molecular formula is C25H20N2O4S2. The maximum absolute atomic E-state index is 13.1. The third-order valence-corrected chi connectivity index (χ3v) is 7.02. The van der Waals surface area contributed by atoms with Gasteiger partial charge >= 0.3 is 11.7 Å². The molecule has 0 aliphatic heterocycles. The van der Waals surface area contributed by atoms with Crippen LogP contribution in [0.1, 0.15) is 39.3 Å². The van der Waals surface area contributed by atoms with Crippen molar-refractivity contribution in [2.75, 3.05) is 6.26 Å². The molecule has 4 aromatic rings. The Morgan fingerprint density at radius 2 is 1.85 bits per heavy atom. The molecule has 0 aliphatic carbocycles. The van der Waals surface area contributed by atoms with Gasteiger partial charge in [-0.25, -0.2) is 9.59 Å². The first kappa shape index (κ1) is 22.6. The number of thiophene rings is 1. The van der Waals surface area contributed by atoms with Crippen LogP contribution in [0.25, 0.3) is 10.2 Å². The van der Waals surface area contributed by atoms with Crippen LogP contribution in [-0.4, -0.2) is 26.9 Å². The number of carbonyl (C=O) groups is 1. The molecule has 1 atom stereocenters. The van der Waals surface area contributed by atoms with Crippen molar-refractivity contribution in [2.45, 2.75) is 24.3 Å².